The van der Waals surface area contributed by atoms with Gasteiger partial charge in [0.2, 0.25) is 0 Å². The van der Waals surface area contributed by atoms with Gasteiger partial charge in [0, 0.05) is 25.5 Å². The molecule has 1 aromatic rings. The van der Waals surface area contributed by atoms with E-state index in [1.165, 1.54) is 57.8 Å². The minimum Gasteiger partial charge on any atom is -0.325 e. The van der Waals surface area contributed by atoms with Crippen LogP contribution in [0.5, 0.6) is 0 Å². The molecule has 1 heterocycles. The Morgan fingerprint density at radius 2 is 1.83 bits per heavy atom. The van der Waals surface area contributed by atoms with Crippen LogP contribution in [0.4, 0.5) is 4.79 Å². The van der Waals surface area contributed by atoms with Crippen LogP contribution in [0.25, 0.3) is 0 Å². The van der Waals surface area contributed by atoms with Crippen LogP contribution in [0.15, 0.2) is 18.7 Å². The summed E-state index contributed by atoms with van der Waals surface area (Å²) in [5, 5.41) is 3.26. The smallest absolute Gasteiger partial charge is 0.319 e. The van der Waals surface area contributed by atoms with Crippen LogP contribution in [0.3, 0.4) is 0 Å². The third-order valence-electron chi connectivity index (χ3n) is 7.96. The van der Waals surface area contributed by atoms with Gasteiger partial charge in [0.15, 0.2) is 0 Å². The summed E-state index contributed by atoms with van der Waals surface area (Å²) in [5.41, 5.74) is 0.534. The molecule has 0 aliphatic heterocycles. The average molecular weight is 401 g/mol. The van der Waals surface area contributed by atoms with E-state index < -0.39 is 0 Å². The molecule has 1 unspecified atom stereocenters. The fourth-order valence-electron chi connectivity index (χ4n) is 6.91. The third-order valence-corrected chi connectivity index (χ3v) is 7.96. The Kier molecular flexibility index (Phi) is 6.50. The average Bonchev–Trinajstić information content (AvgIpc) is 3.22. The number of hydrogen-bond donors (Lipinski definition) is 1. The van der Waals surface area contributed by atoms with Crippen LogP contribution < -0.4 is 5.32 Å². The van der Waals surface area contributed by atoms with Crippen molar-refractivity contribution in [1.82, 2.24) is 19.8 Å². The molecular weight excluding hydrogens is 360 g/mol. The zero-order valence-corrected chi connectivity index (χ0v) is 18.5. The van der Waals surface area contributed by atoms with Crippen LogP contribution in [-0.4, -0.2) is 33.6 Å². The number of hydrogen-bond acceptors (Lipinski definition) is 2. The summed E-state index contributed by atoms with van der Waals surface area (Å²) in [6, 6.07) is 0.103. The van der Waals surface area contributed by atoms with Gasteiger partial charge in [-0.1, -0.05) is 26.7 Å². The van der Waals surface area contributed by atoms with Crippen molar-refractivity contribution < 1.29 is 4.79 Å². The van der Waals surface area contributed by atoms with Gasteiger partial charge in [0.1, 0.15) is 6.17 Å². The monoisotopic (exact) mass is 400 g/mol. The van der Waals surface area contributed by atoms with E-state index in [9.17, 15) is 4.79 Å². The van der Waals surface area contributed by atoms with Crippen molar-refractivity contribution in [3.63, 3.8) is 0 Å². The first-order chi connectivity index (χ1) is 14.1. The lowest BCUT2D eigenvalue weighted by Gasteiger charge is -2.57. The van der Waals surface area contributed by atoms with E-state index in [1.54, 1.807) is 12.5 Å². The molecule has 1 N–H and O–H groups in total. The number of carbonyl (C=O) groups excluding carboxylic acids is 1. The number of amides is 2. The van der Waals surface area contributed by atoms with Gasteiger partial charge >= 0.3 is 6.03 Å². The highest BCUT2D eigenvalue weighted by Crippen LogP contribution is 2.61. The maximum absolute atomic E-state index is 13.2. The van der Waals surface area contributed by atoms with Gasteiger partial charge in [0.05, 0.1) is 6.33 Å². The van der Waals surface area contributed by atoms with E-state index in [4.69, 9.17) is 0 Å². The molecule has 5 rings (SSSR count). The number of unbranched alkanes of at least 4 members (excludes halogenated alkanes) is 2. The van der Waals surface area contributed by atoms with Crippen molar-refractivity contribution >= 4 is 6.03 Å². The fourth-order valence-corrected chi connectivity index (χ4v) is 6.91. The minimum absolute atomic E-state index is 0.0155. The first kappa shape index (κ1) is 20.7. The molecule has 0 aromatic carbocycles. The molecule has 0 radical (unpaired) electrons. The maximum Gasteiger partial charge on any atom is 0.319 e. The fraction of sp³-hybridized carbons (Fsp3) is 0.833. The Balaban J connectivity index is 1.38. The molecule has 4 fully saturated rings. The predicted molar refractivity (Wildman–Crippen MR) is 116 cm³/mol. The van der Waals surface area contributed by atoms with Gasteiger partial charge < -0.3 is 14.8 Å². The van der Waals surface area contributed by atoms with Gasteiger partial charge in [-0.15, -0.1) is 0 Å². The summed E-state index contributed by atoms with van der Waals surface area (Å²) in [7, 11) is 0. The van der Waals surface area contributed by atoms with Crippen molar-refractivity contribution in [2.24, 2.45) is 23.2 Å². The second-order valence-corrected chi connectivity index (χ2v) is 10.2. The highest BCUT2D eigenvalue weighted by Gasteiger charge is 2.50. The van der Waals surface area contributed by atoms with E-state index in [-0.39, 0.29) is 12.2 Å². The van der Waals surface area contributed by atoms with Crippen molar-refractivity contribution in [1.29, 1.82) is 0 Å². The van der Waals surface area contributed by atoms with Crippen LogP contribution in [-0.2, 0) is 0 Å². The standard InChI is InChI=1S/C24H40N4O/c1-3-5-6-9-27(23(29)26-22(4-2)28-11-8-25-18-28)10-7-24-15-19-12-20(16-24)14-21(13-19)17-24/h8,11,18-22H,3-7,9-10,12-17H2,1-2H3,(H,26,29). The van der Waals surface area contributed by atoms with Crippen molar-refractivity contribution in [2.45, 2.75) is 90.6 Å². The number of carbonyl (C=O) groups is 1. The van der Waals surface area contributed by atoms with Gasteiger partial charge in [0.25, 0.3) is 0 Å². The van der Waals surface area contributed by atoms with E-state index >= 15 is 0 Å². The number of imidazole rings is 1. The Bertz CT molecular complexity index is 621. The highest BCUT2D eigenvalue weighted by molar-refractivity contribution is 5.74. The lowest BCUT2D eigenvalue weighted by Crippen LogP contribution is -2.49. The summed E-state index contributed by atoms with van der Waals surface area (Å²) in [6.07, 6.45) is 19.8. The molecular formula is C24H40N4O. The summed E-state index contributed by atoms with van der Waals surface area (Å²) in [6.45, 7) is 6.14. The van der Waals surface area contributed by atoms with Crippen LogP contribution in [0, 0.1) is 23.2 Å². The normalized spacial score (nSPS) is 31.0. The summed E-state index contributed by atoms with van der Waals surface area (Å²) in [4.78, 5) is 19.5. The van der Waals surface area contributed by atoms with E-state index in [1.807, 2.05) is 10.8 Å². The second kappa shape index (κ2) is 9.09. The molecule has 4 aliphatic rings. The summed E-state index contributed by atoms with van der Waals surface area (Å²) < 4.78 is 2.00. The first-order valence-electron chi connectivity index (χ1n) is 12.1. The molecule has 4 bridgehead atoms. The largest absolute Gasteiger partial charge is 0.325 e. The minimum atomic E-state index is -0.0155. The topological polar surface area (TPSA) is 50.2 Å². The van der Waals surface area contributed by atoms with Crippen LogP contribution in [0.1, 0.15) is 90.6 Å². The zero-order valence-electron chi connectivity index (χ0n) is 18.5. The number of nitrogens with one attached hydrogen (secondary N) is 1. The molecule has 4 aliphatic carbocycles. The van der Waals surface area contributed by atoms with Crippen molar-refractivity contribution in [3.05, 3.63) is 18.7 Å². The Labute approximate surface area is 176 Å². The Morgan fingerprint density at radius 1 is 1.14 bits per heavy atom. The van der Waals surface area contributed by atoms with Crippen molar-refractivity contribution in [2.75, 3.05) is 13.1 Å². The van der Waals surface area contributed by atoms with E-state index in [2.05, 4.69) is 29.0 Å². The van der Waals surface area contributed by atoms with Gasteiger partial charge in [-0.25, -0.2) is 9.78 Å². The van der Waals surface area contributed by atoms with Crippen LogP contribution in [0.2, 0.25) is 0 Å². The number of nitrogens with zero attached hydrogens (tertiary/aromatic N) is 3. The summed E-state index contributed by atoms with van der Waals surface area (Å²) >= 11 is 0. The number of aromatic nitrogens is 2. The predicted octanol–water partition coefficient (Wildman–Crippen LogP) is 5.60. The SMILES string of the molecule is CCCCCN(CCC12CC3CC(CC(C3)C1)C2)C(=O)NC(CC)n1ccnc1. The third kappa shape index (κ3) is 4.80. The van der Waals surface area contributed by atoms with Crippen LogP contribution >= 0.6 is 0 Å². The van der Waals surface area contributed by atoms with Gasteiger partial charge in [-0.3, -0.25) is 0 Å². The molecule has 5 heteroatoms. The Morgan fingerprint density at radius 3 is 2.38 bits per heavy atom. The zero-order chi connectivity index (χ0) is 20.3. The van der Waals surface area contributed by atoms with E-state index in [0.29, 0.717) is 5.41 Å². The van der Waals surface area contributed by atoms with E-state index in [0.717, 1.165) is 43.7 Å². The molecule has 2 amide bonds. The maximum atomic E-state index is 13.2. The molecule has 1 atom stereocenters. The quantitative estimate of drug-likeness (QED) is 0.520. The molecule has 29 heavy (non-hydrogen) atoms. The molecule has 0 saturated heterocycles. The van der Waals surface area contributed by atoms with Crippen molar-refractivity contribution in [3.8, 4) is 0 Å². The molecule has 162 valence electrons. The number of rotatable bonds is 10. The first-order valence-corrected chi connectivity index (χ1v) is 12.1. The molecule has 4 saturated carbocycles. The molecule has 0 spiro atoms. The molecule has 5 nitrogen and oxygen atoms in total. The van der Waals surface area contributed by atoms with Gasteiger partial charge in [-0.05, 0) is 81.0 Å². The Hall–Kier alpha value is -1.52. The summed E-state index contributed by atoms with van der Waals surface area (Å²) in [5.74, 6) is 2.94. The lowest BCUT2D eigenvalue weighted by atomic mass is 9.49. The molecule has 1 aromatic heterocycles. The number of urea groups is 1. The second-order valence-electron chi connectivity index (χ2n) is 10.2. The van der Waals surface area contributed by atoms with Gasteiger partial charge in [-0.2, -0.15) is 0 Å². The lowest BCUT2D eigenvalue weighted by molar-refractivity contribution is -0.0596. The highest BCUT2D eigenvalue weighted by atomic mass is 16.2.